The van der Waals surface area contributed by atoms with E-state index in [9.17, 15) is 0 Å². The quantitative estimate of drug-likeness (QED) is 0.462. The van der Waals surface area contributed by atoms with Crippen LogP contribution in [0, 0.1) is 5.41 Å². The van der Waals surface area contributed by atoms with Crippen LogP contribution in [0.15, 0.2) is 18.2 Å². The van der Waals surface area contributed by atoms with Gasteiger partial charge in [-0.2, -0.15) is 0 Å². The third kappa shape index (κ3) is 4.03. The van der Waals surface area contributed by atoms with Crippen molar-refractivity contribution in [1.29, 1.82) is 0 Å². The Labute approximate surface area is 133 Å². The zero-order valence-electron chi connectivity index (χ0n) is 10.9. The van der Waals surface area contributed by atoms with Gasteiger partial charge in [0.05, 0.1) is 16.7 Å². The summed E-state index contributed by atoms with van der Waals surface area (Å²) in [7, 11) is 0. The molecule has 4 heteroatoms. The second-order valence-corrected chi connectivity index (χ2v) is 6.76. The van der Waals surface area contributed by atoms with Crippen molar-refractivity contribution in [2.45, 2.75) is 38.5 Å². The minimum Gasteiger partial charge on any atom is -0.490 e. The molecular weight excluding hydrogens is 347 g/mol. The van der Waals surface area contributed by atoms with Gasteiger partial charge in [-0.25, -0.2) is 0 Å². The van der Waals surface area contributed by atoms with E-state index in [0.717, 1.165) is 5.33 Å². The van der Waals surface area contributed by atoms with Gasteiger partial charge in [0.25, 0.3) is 0 Å². The number of rotatable bonds is 4. The van der Waals surface area contributed by atoms with Crippen LogP contribution in [0.1, 0.15) is 38.5 Å². The molecule has 0 saturated heterocycles. The fraction of sp³-hybridized carbons (Fsp3) is 0.600. The fourth-order valence-electron chi connectivity index (χ4n) is 2.64. The maximum Gasteiger partial charge on any atom is 0.156 e. The number of hydrogen-bond donors (Lipinski definition) is 0. The van der Waals surface area contributed by atoms with Crippen LogP contribution in [0.25, 0.3) is 0 Å². The lowest BCUT2D eigenvalue weighted by Gasteiger charge is -2.30. The zero-order valence-corrected chi connectivity index (χ0v) is 14.0. The van der Waals surface area contributed by atoms with Gasteiger partial charge >= 0.3 is 0 Å². The van der Waals surface area contributed by atoms with Crippen LogP contribution in [-0.4, -0.2) is 11.9 Å². The Balaban J connectivity index is 2.06. The van der Waals surface area contributed by atoms with Gasteiger partial charge < -0.3 is 4.74 Å². The smallest absolute Gasteiger partial charge is 0.156 e. The number of halogens is 3. The lowest BCUT2D eigenvalue weighted by molar-refractivity contribution is 0.149. The van der Waals surface area contributed by atoms with Gasteiger partial charge in [-0.15, -0.1) is 0 Å². The van der Waals surface area contributed by atoms with Crippen molar-refractivity contribution in [2.24, 2.45) is 5.41 Å². The molecule has 0 N–H and O–H groups in total. The molecule has 1 nitrogen and oxygen atoms in total. The van der Waals surface area contributed by atoms with Crippen molar-refractivity contribution in [3.8, 4) is 5.75 Å². The second-order valence-electron chi connectivity index (χ2n) is 5.39. The van der Waals surface area contributed by atoms with E-state index < -0.39 is 0 Å². The van der Waals surface area contributed by atoms with Crippen LogP contribution in [0.4, 0.5) is 0 Å². The predicted octanol–water partition coefficient (Wildman–Crippen LogP) is 6.11. The molecule has 2 rings (SSSR count). The highest BCUT2D eigenvalue weighted by Crippen LogP contribution is 2.39. The lowest BCUT2D eigenvalue weighted by atomic mass is 9.83. The Morgan fingerprint density at radius 3 is 2.16 bits per heavy atom. The standard InChI is InChI=1S/C15H19BrCl2O/c16-10-15(8-3-1-2-4-9-15)11-19-14-12(17)6-5-7-13(14)18/h5-7H,1-4,8-11H2. The molecule has 106 valence electrons. The molecule has 1 fully saturated rings. The highest BCUT2D eigenvalue weighted by atomic mass is 79.9. The summed E-state index contributed by atoms with van der Waals surface area (Å²) in [6.07, 6.45) is 7.65. The number of hydrogen-bond acceptors (Lipinski definition) is 1. The highest BCUT2D eigenvalue weighted by molar-refractivity contribution is 9.09. The van der Waals surface area contributed by atoms with Gasteiger partial charge in [0.2, 0.25) is 0 Å². The molecule has 1 aromatic rings. The summed E-state index contributed by atoms with van der Waals surface area (Å²) in [5.41, 5.74) is 0.221. The van der Waals surface area contributed by atoms with Gasteiger partial charge in [-0.1, -0.05) is 70.9 Å². The van der Waals surface area contributed by atoms with E-state index >= 15 is 0 Å². The third-order valence-electron chi connectivity index (χ3n) is 3.89. The number of ether oxygens (including phenoxy) is 1. The Bertz CT molecular complexity index is 394. The third-order valence-corrected chi connectivity index (χ3v) is 5.67. The van der Waals surface area contributed by atoms with Gasteiger partial charge in [-0.3, -0.25) is 0 Å². The average molecular weight is 366 g/mol. The van der Waals surface area contributed by atoms with Crippen LogP contribution >= 0.6 is 39.1 Å². The first-order valence-electron chi connectivity index (χ1n) is 6.80. The summed E-state index contributed by atoms with van der Waals surface area (Å²) < 4.78 is 5.96. The summed E-state index contributed by atoms with van der Waals surface area (Å²) in [6.45, 7) is 0.682. The maximum absolute atomic E-state index is 6.15. The Morgan fingerprint density at radius 2 is 1.63 bits per heavy atom. The van der Waals surface area contributed by atoms with Crippen LogP contribution in [0.2, 0.25) is 10.0 Å². The molecular formula is C15H19BrCl2O. The summed E-state index contributed by atoms with van der Waals surface area (Å²) >= 11 is 16.0. The van der Waals surface area contributed by atoms with Crippen molar-refractivity contribution >= 4 is 39.1 Å². The highest BCUT2D eigenvalue weighted by Gasteiger charge is 2.31. The molecule has 1 aromatic carbocycles. The summed E-state index contributed by atoms with van der Waals surface area (Å²) in [6, 6.07) is 5.47. The SMILES string of the molecule is Clc1cccc(Cl)c1OCC1(CBr)CCCCCC1. The molecule has 0 amide bonds. The number of benzene rings is 1. The van der Waals surface area contributed by atoms with E-state index in [1.807, 2.05) is 18.2 Å². The average Bonchev–Trinajstić information content (AvgIpc) is 2.64. The predicted molar refractivity (Wildman–Crippen MR) is 85.9 cm³/mol. The number of para-hydroxylation sites is 1. The minimum absolute atomic E-state index is 0.221. The molecule has 0 radical (unpaired) electrons. The van der Waals surface area contributed by atoms with Crippen molar-refractivity contribution in [3.63, 3.8) is 0 Å². The van der Waals surface area contributed by atoms with Crippen molar-refractivity contribution in [1.82, 2.24) is 0 Å². The molecule has 0 aliphatic heterocycles. The first kappa shape index (κ1) is 15.5. The molecule has 0 bridgehead atoms. The molecule has 0 unspecified atom stereocenters. The Morgan fingerprint density at radius 1 is 1.05 bits per heavy atom. The summed E-state index contributed by atoms with van der Waals surface area (Å²) in [4.78, 5) is 0. The van der Waals surface area contributed by atoms with E-state index in [2.05, 4.69) is 15.9 Å². The van der Waals surface area contributed by atoms with E-state index in [1.165, 1.54) is 38.5 Å². The Kier molecular flexibility index (Phi) is 5.86. The number of alkyl halides is 1. The molecule has 1 saturated carbocycles. The zero-order chi connectivity index (χ0) is 13.7. The molecule has 1 aliphatic rings. The van der Waals surface area contributed by atoms with Gasteiger partial charge in [-0.05, 0) is 25.0 Å². The van der Waals surface area contributed by atoms with Gasteiger partial charge in [0.1, 0.15) is 0 Å². The monoisotopic (exact) mass is 364 g/mol. The molecule has 0 heterocycles. The molecule has 19 heavy (non-hydrogen) atoms. The van der Waals surface area contributed by atoms with E-state index in [4.69, 9.17) is 27.9 Å². The largest absolute Gasteiger partial charge is 0.490 e. The van der Waals surface area contributed by atoms with Crippen LogP contribution < -0.4 is 4.74 Å². The normalized spacial score (nSPS) is 18.9. The van der Waals surface area contributed by atoms with Crippen LogP contribution in [0.5, 0.6) is 5.75 Å². The van der Waals surface area contributed by atoms with Crippen molar-refractivity contribution in [3.05, 3.63) is 28.2 Å². The topological polar surface area (TPSA) is 9.23 Å². The molecule has 1 aliphatic carbocycles. The van der Waals surface area contributed by atoms with E-state index in [-0.39, 0.29) is 5.41 Å². The second kappa shape index (κ2) is 7.19. The van der Waals surface area contributed by atoms with E-state index in [1.54, 1.807) is 0 Å². The molecule has 0 aromatic heterocycles. The van der Waals surface area contributed by atoms with Crippen molar-refractivity contribution in [2.75, 3.05) is 11.9 Å². The summed E-state index contributed by atoms with van der Waals surface area (Å²) in [5, 5.41) is 2.15. The fourth-order valence-corrected chi connectivity index (χ4v) is 3.87. The first-order valence-corrected chi connectivity index (χ1v) is 8.67. The van der Waals surface area contributed by atoms with Crippen molar-refractivity contribution < 1.29 is 4.74 Å². The lowest BCUT2D eigenvalue weighted by Crippen LogP contribution is -2.30. The molecule has 0 spiro atoms. The minimum atomic E-state index is 0.221. The Hall–Kier alpha value is 0.0800. The van der Waals surface area contributed by atoms with Gasteiger partial charge in [0.15, 0.2) is 5.75 Å². The van der Waals surface area contributed by atoms with Crippen LogP contribution in [0.3, 0.4) is 0 Å². The maximum atomic E-state index is 6.15. The molecule has 0 atom stereocenters. The first-order chi connectivity index (χ1) is 9.17. The van der Waals surface area contributed by atoms with E-state index in [0.29, 0.717) is 22.4 Å². The summed E-state index contributed by atoms with van der Waals surface area (Å²) in [5.74, 6) is 0.621. The van der Waals surface area contributed by atoms with Gasteiger partial charge in [0, 0.05) is 10.7 Å². The van der Waals surface area contributed by atoms with Crippen LogP contribution in [-0.2, 0) is 0 Å².